The van der Waals surface area contributed by atoms with Crippen LogP contribution in [0, 0.1) is 5.92 Å². The van der Waals surface area contributed by atoms with Gasteiger partial charge in [-0.1, -0.05) is 26.7 Å². The first-order valence-electron chi connectivity index (χ1n) is 6.28. The molecule has 4 nitrogen and oxygen atoms in total. The summed E-state index contributed by atoms with van der Waals surface area (Å²) in [6.45, 7) is 4.59. The molecule has 108 valence electrons. The summed E-state index contributed by atoms with van der Waals surface area (Å²) in [7, 11) is 0. The number of nitrogens with one attached hydrogen (secondary N) is 1. The van der Waals surface area contributed by atoms with Crippen molar-refractivity contribution in [1.82, 2.24) is 10.2 Å². The van der Waals surface area contributed by atoms with Gasteiger partial charge in [-0.15, -0.1) is 10.2 Å². The van der Waals surface area contributed by atoms with Gasteiger partial charge in [0.15, 0.2) is 5.69 Å². The van der Waals surface area contributed by atoms with Crippen LogP contribution in [0.25, 0.3) is 0 Å². The number of rotatable bonds is 6. The second-order valence-electron chi connectivity index (χ2n) is 4.42. The van der Waals surface area contributed by atoms with Crippen molar-refractivity contribution >= 4 is 5.82 Å². The van der Waals surface area contributed by atoms with Crippen LogP contribution >= 0.6 is 0 Å². The van der Waals surface area contributed by atoms with Crippen LogP contribution in [0.15, 0.2) is 12.1 Å². The summed E-state index contributed by atoms with van der Waals surface area (Å²) < 4.78 is 36.9. The lowest BCUT2D eigenvalue weighted by atomic mass is 9.95. The Bertz CT molecular complexity index is 374. The minimum atomic E-state index is -4.46. The summed E-state index contributed by atoms with van der Waals surface area (Å²) >= 11 is 0. The SMILES string of the molecule is CCC(CC)C(N)CNc1ccc(C(F)(F)F)nn1. The number of halogens is 3. The van der Waals surface area contributed by atoms with Crippen molar-refractivity contribution in [2.24, 2.45) is 11.7 Å². The summed E-state index contributed by atoms with van der Waals surface area (Å²) in [5.41, 5.74) is 5.00. The Morgan fingerprint density at radius 2 is 1.84 bits per heavy atom. The van der Waals surface area contributed by atoms with E-state index >= 15 is 0 Å². The summed E-state index contributed by atoms with van der Waals surface area (Å²) in [6, 6.07) is 2.10. The largest absolute Gasteiger partial charge is 0.435 e. The van der Waals surface area contributed by atoms with Gasteiger partial charge in [0, 0.05) is 12.6 Å². The minimum absolute atomic E-state index is 0.0564. The molecule has 0 radical (unpaired) electrons. The third-order valence-electron chi connectivity index (χ3n) is 3.13. The molecule has 0 aliphatic carbocycles. The molecule has 0 amide bonds. The Morgan fingerprint density at radius 1 is 1.21 bits per heavy atom. The number of nitrogens with two attached hydrogens (primary N) is 1. The van der Waals surface area contributed by atoms with Crippen LogP contribution in [-0.4, -0.2) is 22.8 Å². The van der Waals surface area contributed by atoms with Gasteiger partial charge < -0.3 is 11.1 Å². The monoisotopic (exact) mass is 276 g/mol. The fraction of sp³-hybridized carbons (Fsp3) is 0.667. The van der Waals surface area contributed by atoms with Gasteiger partial charge in [-0.25, -0.2) is 0 Å². The third kappa shape index (κ3) is 4.66. The van der Waals surface area contributed by atoms with Gasteiger partial charge in [0.2, 0.25) is 0 Å². The summed E-state index contributed by atoms with van der Waals surface area (Å²) in [5, 5.41) is 9.53. The minimum Gasteiger partial charge on any atom is -0.367 e. The molecular weight excluding hydrogens is 257 g/mol. The summed E-state index contributed by atoms with van der Waals surface area (Å²) in [4.78, 5) is 0. The fourth-order valence-corrected chi connectivity index (χ4v) is 1.86. The first-order chi connectivity index (χ1) is 8.88. The van der Waals surface area contributed by atoms with Crippen LogP contribution in [0.3, 0.4) is 0 Å². The molecule has 1 aromatic heterocycles. The van der Waals surface area contributed by atoms with E-state index in [1.165, 1.54) is 6.07 Å². The van der Waals surface area contributed by atoms with Gasteiger partial charge in [0.25, 0.3) is 0 Å². The zero-order valence-electron chi connectivity index (χ0n) is 11.0. The first kappa shape index (κ1) is 15.7. The smallest absolute Gasteiger partial charge is 0.367 e. The average molecular weight is 276 g/mol. The van der Waals surface area contributed by atoms with Gasteiger partial charge in [0.05, 0.1) is 0 Å². The normalized spacial score (nSPS) is 13.6. The molecule has 0 aliphatic heterocycles. The molecule has 0 saturated carbocycles. The van der Waals surface area contributed by atoms with E-state index in [1.54, 1.807) is 0 Å². The van der Waals surface area contributed by atoms with Gasteiger partial charge >= 0.3 is 6.18 Å². The van der Waals surface area contributed by atoms with Crippen LogP contribution < -0.4 is 11.1 Å². The Kier molecular flexibility index (Phi) is 5.53. The van der Waals surface area contributed by atoms with Crippen LogP contribution in [0.2, 0.25) is 0 Å². The number of hydrogen-bond donors (Lipinski definition) is 2. The molecule has 1 aromatic rings. The van der Waals surface area contributed by atoms with Crippen molar-refractivity contribution in [3.05, 3.63) is 17.8 Å². The molecule has 19 heavy (non-hydrogen) atoms. The van der Waals surface area contributed by atoms with Gasteiger partial charge in [-0.3, -0.25) is 0 Å². The third-order valence-corrected chi connectivity index (χ3v) is 3.13. The molecule has 1 heterocycles. The van der Waals surface area contributed by atoms with Crippen molar-refractivity contribution in [1.29, 1.82) is 0 Å². The summed E-state index contributed by atoms with van der Waals surface area (Å²) in [5.74, 6) is 0.685. The van der Waals surface area contributed by atoms with E-state index in [0.29, 0.717) is 18.3 Å². The molecule has 1 atom stereocenters. The van der Waals surface area contributed by atoms with Crippen LogP contribution in [0.4, 0.5) is 19.0 Å². The summed E-state index contributed by atoms with van der Waals surface area (Å²) in [6.07, 6.45) is -2.52. The zero-order valence-corrected chi connectivity index (χ0v) is 11.0. The van der Waals surface area contributed by atoms with E-state index in [9.17, 15) is 13.2 Å². The molecule has 0 bridgehead atoms. The lowest BCUT2D eigenvalue weighted by molar-refractivity contribution is -0.141. The molecule has 0 saturated heterocycles. The maximum Gasteiger partial charge on any atom is 0.435 e. The number of aromatic nitrogens is 2. The number of anilines is 1. The fourth-order valence-electron chi connectivity index (χ4n) is 1.86. The van der Waals surface area contributed by atoms with E-state index in [-0.39, 0.29) is 6.04 Å². The van der Waals surface area contributed by atoms with Crippen LogP contribution in [0.5, 0.6) is 0 Å². The first-order valence-corrected chi connectivity index (χ1v) is 6.28. The van der Waals surface area contributed by atoms with E-state index in [0.717, 1.165) is 18.9 Å². The Morgan fingerprint density at radius 3 is 2.26 bits per heavy atom. The molecule has 7 heteroatoms. The second kappa shape index (κ2) is 6.70. The quantitative estimate of drug-likeness (QED) is 0.838. The highest BCUT2D eigenvalue weighted by Crippen LogP contribution is 2.27. The average Bonchev–Trinajstić information content (AvgIpc) is 2.37. The van der Waals surface area contributed by atoms with Gasteiger partial charge in [-0.2, -0.15) is 13.2 Å². The zero-order chi connectivity index (χ0) is 14.5. The topological polar surface area (TPSA) is 63.8 Å². The molecular formula is C12H19F3N4. The predicted molar refractivity (Wildman–Crippen MR) is 67.6 cm³/mol. The molecule has 0 spiro atoms. The van der Waals surface area contributed by atoms with Crippen LogP contribution in [0.1, 0.15) is 32.4 Å². The molecule has 0 aliphatic rings. The van der Waals surface area contributed by atoms with E-state index in [2.05, 4.69) is 29.4 Å². The van der Waals surface area contributed by atoms with E-state index in [1.807, 2.05) is 0 Å². The Hall–Kier alpha value is -1.37. The van der Waals surface area contributed by atoms with E-state index in [4.69, 9.17) is 5.73 Å². The number of alkyl halides is 3. The van der Waals surface area contributed by atoms with Crippen molar-refractivity contribution in [2.75, 3.05) is 11.9 Å². The van der Waals surface area contributed by atoms with Crippen molar-refractivity contribution in [3.63, 3.8) is 0 Å². The molecule has 0 fully saturated rings. The molecule has 1 rings (SSSR count). The lowest BCUT2D eigenvalue weighted by Crippen LogP contribution is -2.36. The maximum atomic E-state index is 12.3. The molecule has 0 aromatic carbocycles. The number of nitrogens with zero attached hydrogens (tertiary/aromatic N) is 2. The van der Waals surface area contributed by atoms with Gasteiger partial charge in [0.1, 0.15) is 5.82 Å². The highest BCUT2D eigenvalue weighted by atomic mass is 19.4. The van der Waals surface area contributed by atoms with Crippen LogP contribution in [-0.2, 0) is 6.18 Å². The Balaban J connectivity index is 2.55. The molecule has 3 N–H and O–H groups in total. The van der Waals surface area contributed by atoms with Gasteiger partial charge in [-0.05, 0) is 18.1 Å². The van der Waals surface area contributed by atoms with E-state index < -0.39 is 11.9 Å². The highest BCUT2D eigenvalue weighted by Gasteiger charge is 2.32. The van der Waals surface area contributed by atoms with Crippen molar-refractivity contribution < 1.29 is 13.2 Å². The highest BCUT2D eigenvalue weighted by molar-refractivity contribution is 5.33. The molecule has 1 unspecified atom stereocenters. The maximum absolute atomic E-state index is 12.3. The Labute approximate surface area is 110 Å². The van der Waals surface area contributed by atoms with Crippen molar-refractivity contribution in [3.8, 4) is 0 Å². The van der Waals surface area contributed by atoms with Crippen molar-refractivity contribution in [2.45, 2.75) is 38.9 Å². The number of hydrogen-bond acceptors (Lipinski definition) is 4. The standard InChI is InChI=1S/C12H19F3N4/c1-3-8(4-2)9(16)7-17-11-6-5-10(18-19-11)12(13,14)15/h5-6,8-9H,3-4,7,16H2,1-2H3,(H,17,19). The second-order valence-corrected chi connectivity index (χ2v) is 4.42. The lowest BCUT2D eigenvalue weighted by Gasteiger charge is -2.21. The predicted octanol–water partition coefficient (Wildman–Crippen LogP) is 2.67.